The number of anilines is 2. The number of amides is 1. The van der Waals surface area contributed by atoms with Gasteiger partial charge >= 0.3 is 0 Å². The van der Waals surface area contributed by atoms with Gasteiger partial charge < -0.3 is 14.7 Å². The molecule has 0 unspecified atom stereocenters. The number of hydrogen-bond acceptors (Lipinski definition) is 3. The van der Waals surface area contributed by atoms with Gasteiger partial charge in [-0.2, -0.15) is 0 Å². The summed E-state index contributed by atoms with van der Waals surface area (Å²) in [6.45, 7) is 2.30. The molecule has 17 heavy (non-hydrogen) atoms. The fraction of sp³-hybridized carbons (Fsp3) is 0.462. The average molecular weight is 233 g/mol. The first-order valence-electron chi connectivity index (χ1n) is 5.85. The van der Waals surface area contributed by atoms with Gasteiger partial charge in [0.2, 0.25) is 5.91 Å². The van der Waals surface area contributed by atoms with Crippen LogP contribution in [0.15, 0.2) is 24.3 Å². The molecule has 1 aliphatic rings. The summed E-state index contributed by atoms with van der Waals surface area (Å²) in [6, 6.07) is 8.06. The normalized spacial score (nSPS) is 15.4. The summed E-state index contributed by atoms with van der Waals surface area (Å²) in [7, 11) is 5.93. The highest BCUT2D eigenvalue weighted by Crippen LogP contribution is 2.31. The van der Waals surface area contributed by atoms with Gasteiger partial charge in [-0.1, -0.05) is 12.1 Å². The number of carbonyl (C=O) groups excluding carboxylic acids is 1. The summed E-state index contributed by atoms with van der Waals surface area (Å²) in [4.78, 5) is 17.9. The third-order valence-corrected chi connectivity index (χ3v) is 3.10. The summed E-state index contributed by atoms with van der Waals surface area (Å²) < 4.78 is 0. The van der Waals surface area contributed by atoms with Crippen molar-refractivity contribution in [3.05, 3.63) is 24.3 Å². The molecule has 0 radical (unpaired) electrons. The molecule has 0 aromatic heterocycles. The van der Waals surface area contributed by atoms with Crippen LogP contribution in [0.25, 0.3) is 0 Å². The van der Waals surface area contributed by atoms with Crippen molar-refractivity contribution in [2.75, 3.05) is 50.6 Å². The minimum absolute atomic E-state index is 0.155. The smallest absolute Gasteiger partial charge is 0.246 e. The number of rotatable bonds is 3. The molecule has 0 atom stereocenters. The van der Waals surface area contributed by atoms with E-state index < -0.39 is 0 Å². The predicted octanol–water partition coefficient (Wildman–Crippen LogP) is 1.03. The van der Waals surface area contributed by atoms with Crippen LogP contribution < -0.4 is 9.80 Å². The second-order valence-corrected chi connectivity index (χ2v) is 4.67. The Balaban J connectivity index is 2.24. The molecule has 0 fully saturated rings. The minimum atomic E-state index is 0.155. The van der Waals surface area contributed by atoms with Crippen molar-refractivity contribution in [2.45, 2.75) is 0 Å². The highest BCUT2D eigenvalue weighted by Gasteiger charge is 2.25. The summed E-state index contributed by atoms with van der Waals surface area (Å²) >= 11 is 0. The molecule has 0 bridgehead atoms. The third-order valence-electron chi connectivity index (χ3n) is 3.10. The fourth-order valence-electron chi connectivity index (χ4n) is 2.02. The van der Waals surface area contributed by atoms with Crippen molar-refractivity contribution in [3.8, 4) is 0 Å². The molecule has 0 N–H and O–H groups in total. The predicted molar refractivity (Wildman–Crippen MR) is 70.6 cm³/mol. The number of hydrogen-bond donors (Lipinski definition) is 0. The van der Waals surface area contributed by atoms with E-state index in [0.29, 0.717) is 6.54 Å². The third kappa shape index (κ3) is 2.42. The van der Waals surface area contributed by atoms with Gasteiger partial charge in [0.05, 0.1) is 17.9 Å². The Morgan fingerprint density at radius 1 is 1.24 bits per heavy atom. The molecule has 0 saturated heterocycles. The molecule has 4 heteroatoms. The summed E-state index contributed by atoms with van der Waals surface area (Å²) in [5.41, 5.74) is 2.15. The maximum atomic E-state index is 11.9. The largest absolute Gasteiger partial charge is 0.359 e. The highest BCUT2D eigenvalue weighted by molar-refractivity contribution is 6.02. The van der Waals surface area contributed by atoms with Gasteiger partial charge in [-0.3, -0.25) is 4.79 Å². The lowest BCUT2D eigenvalue weighted by atomic mass is 10.1. The molecule has 0 aliphatic carbocycles. The zero-order valence-corrected chi connectivity index (χ0v) is 10.7. The lowest BCUT2D eigenvalue weighted by Gasteiger charge is -2.35. The summed E-state index contributed by atoms with van der Waals surface area (Å²) in [5.74, 6) is 0.155. The Morgan fingerprint density at radius 2 is 1.88 bits per heavy atom. The Hall–Kier alpha value is -1.55. The van der Waals surface area contributed by atoms with Crippen LogP contribution >= 0.6 is 0 Å². The van der Waals surface area contributed by atoms with E-state index in [-0.39, 0.29) is 5.91 Å². The molecule has 1 aliphatic heterocycles. The van der Waals surface area contributed by atoms with Crippen LogP contribution in [-0.2, 0) is 4.79 Å². The molecular formula is C13H19N3O. The highest BCUT2D eigenvalue weighted by atomic mass is 16.2. The first-order valence-corrected chi connectivity index (χ1v) is 5.85. The van der Waals surface area contributed by atoms with E-state index in [0.717, 1.165) is 24.5 Å². The molecule has 1 aromatic carbocycles. The van der Waals surface area contributed by atoms with E-state index in [4.69, 9.17) is 0 Å². The average Bonchev–Trinajstić information content (AvgIpc) is 2.32. The summed E-state index contributed by atoms with van der Waals surface area (Å²) in [5, 5.41) is 0. The van der Waals surface area contributed by atoms with Gasteiger partial charge in [0.15, 0.2) is 0 Å². The van der Waals surface area contributed by atoms with Crippen molar-refractivity contribution >= 4 is 17.3 Å². The Kier molecular flexibility index (Phi) is 3.33. The van der Waals surface area contributed by atoms with E-state index in [2.05, 4.69) is 15.9 Å². The molecule has 1 heterocycles. The van der Waals surface area contributed by atoms with E-state index in [1.807, 2.05) is 39.3 Å². The molecular weight excluding hydrogens is 214 g/mol. The van der Waals surface area contributed by atoms with Gasteiger partial charge in [-0.25, -0.2) is 0 Å². The van der Waals surface area contributed by atoms with Gasteiger partial charge in [0, 0.05) is 20.1 Å². The SMILES string of the molecule is CN(C)CCN1CC(=O)N(C)c2ccccc21. The molecule has 4 nitrogen and oxygen atoms in total. The number of benzene rings is 1. The van der Waals surface area contributed by atoms with Gasteiger partial charge in [-0.05, 0) is 26.2 Å². The first-order chi connectivity index (χ1) is 8.09. The zero-order chi connectivity index (χ0) is 12.4. The molecule has 1 amide bonds. The molecule has 1 aromatic rings. The maximum Gasteiger partial charge on any atom is 0.246 e. The van der Waals surface area contributed by atoms with Crippen LogP contribution in [0.5, 0.6) is 0 Å². The van der Waals surface area contributed by atoms with Crippen LogP contribution in [0.4, 0.5) is 11.4 Å². The van der Waals surface area contributed by atoms with Crippen LogP contribution in [0, 0.1) is 0 Å². The van der Waals surface area contributed by atoms with E-state index in [9.17, 15) is 4.79 Å². The number of nitrogens with zero attached hydrogens (tertiary/aromatic N) is 3. The lowest BCUT2D eigenvalue weighted by molar-refractivity contribution is -0.117. The second-order valence-electron chi connectivity index (χ2n) is 4.67. The van der Waals surface area contributed by atoms with Crippen LogP contribution in [-0.4, -0.2) is 51.6 Å². The number of likely N-dealkylation sites (N-methyl/N-ethyl adjacent to an activating group) is 2. The monoisotopic (exact) mass is 233 g/mol. The molecule has 92 valence electrons. The van der Waals surface area contributed by atoms with Crippen LogP contribution in [0.2, 0.25) is 0 Å². The number of para-hydroxylation sites is 2. The lowest BCUT2D eigenvalue weighted by Crippen LogP contribution is -2.45. The van der Waals surface area contributed by atoms with E-state index in [1.54, 1.807) is 4.90 Å². The Morgan fingerprint density at radius 3 is 2.53 bits per heavy atom. The van der Waals surface area contributed by atoms with Crippen molar-refractivity contribution in [1.82, 2.24) is 4.90 Å². The quantitative estimate of drug-likeness (QED) is 0.780. The van der Waals surface area contributed by atoms with Gasteiger partial charge in [0.1, 0.15) is 0 Å². The fourth-order valence-corrected chi connectivity index (χ4v) is 2.02. The van der Waals surface area contributed by atoms with Crippen molar-refractivity contribution < 1.29 is 4.79 Å². The topological polar surface area (TPSA) is 26.8 Å². The standard InChI is InChI=1S/C13H19N3O/c1-14(2)8-9-16-10-13(17)15(3)11-6-4-5-7-12(11)16/h4-7H,8-10H2,1-3H3. The zero-order valence-electron chi connectivity index (χ0n) is 10.7. The van der Waals surface area contributed by atoms with Crippen molar-refractivity contribution in [3.63, 3.8) is 0 Å². The van der Waals surface area contributed by atoms with Crippen LogP contribution in [0.3, 0.4) is 0 Å². The Bertz CT molecular complexity index is 417. The Labute approximate surface area is 102 Å². The van der Waals surface area contributed by atoms with Gasteiger partial charge in [0.25, 0.3) is 0 Å². The minimum Gasteiger partial charge on any atom is -0.359 e. The second kappa shape index (κ2) is 4.75. The number of fused-ring (bicyclic) bond motifs is 1. The van der Waals surface area contributed by atoms with Crippen molar-refractivity contribution in [2.24, 2.45) is 0 Å². The maximum absolute atomic E-state index is 11.9. The molecule has 2 rings (SSSR count). The molecule has 0 saturated carbocycles. The van der Waals surface area contributed by atoms with E-state index >= 15 is 0 Å². The van der Waals surface area contributed by atoms with Crippen LogP contribution in [0.1, 0.15) is 0 Å². The van der Waals surface area contributed by atoms with Crippen molar-refractivity contribution in [1.29, 1.82) is 0 Å². The summed E-state index contributed by atoms with van der Waals surface area (Å²) in [6.07, 6.45) is 0. The van der Waals surface area contributed by atoms with E-state index in [1.165, 1.54) is 0 Å². The number of carbonyl (C=O) groups is 1. The van der Waals surface area contributed by atoms with Gasteiger partial charge in [-0.15, -0.1) is 0 Å². The molecule has 0 spiro atoms. The first kappa shape index (κ1) is 11.9.